The molecule has 53 heavy (non-hydrogen) atoms. The van der Waals surface area contributed by atoms with Crippen LogP contribution < -0.4 is 22.0 Å². The highest BCUT2D eigenvalue weighted by molar-refractivity contribution is 6.18. The molecule has 12 nitrogen and oxygen atoms in total. The summed E-state index contributed by atoms with van der Waals surface area (Å²) in [5, 5.41) is 14.0. The summed E-state index contributed by atoms with van der Waals surface area (Å²) in [6.07, 6.45) is 10.8. The molecule has 0 saturated carbocycles. The standard InChI is InChI=1S/C41H52N6O6/c1-3-5-10-29(4-2)30-27-31-35-34-32(39(49)46(40(50)36(30)34)16-8-14-44-19-23-52-24-20-44)28-33(42-11-18-43-12-6-7-13-43)37(35)41(51)47(38(31)48)17-9-15-45-21-25-53-26-22-45/h3-5,10,27-28,48H,1,6-9,11-26H2,2H3/b10-5-,29-4+,42-33?. The molecule has 1 aromatic carbocycles. The Bertz CT molecular complexity index is 2190. The first-order valence-corrected chi connectivity index (χ1v) is 19.3. The van der Waals surface area contributed by atoms with E-state index in [0.717, 1.165) is 77.3 Å². The quantitative estimate of drug-likeness (QED) is 0.155. The molecular weight excluding hydrogens is 672 g/mol. The second kappa shape index (κ2) is 16.9. The Morgan fingerprint density at radius 3 is 2.00 bits per heavy atom. The number of aromatic hydroxyl groups is 1. The predicted molar refractivity (Wildman–Crippen MR) is 210 cm³/mol. The second-order valence-electron chi connectivity index (χ2n) is 14.3. The Morgan fingerprint density at radius 2 is 1.38 bits per heavy atom. The lowest BCUT2D eigenvalue weighted by molar-refractivity contribution is 0.0368. The molecule has 3 fully saturated rings. The molecule has 0 radical (unpaired) electrons. The first kappa shape index (κ1) is 37.1. The van der Waals surface area contributed by atoms with Gasteiger partial charge in [0.15, 0.2) is 0 Å². The maximum Gasteiger partial charge on any atom is 0.263 e. The number of morpholine rings is 2. The van der Waals surface area contributed by atoms with E-state index in [9.17, 15) is 19.5 Å². The van der Waals surface area contributed by atoms with Crippen LogP contribution >= 0.6 is 0 Å². The Kier molecular flexibility index (Phi) is 11.8. The van der Waals surface area contributed by atoms with Crippen LogP contribution in [-0.2, 0) is 22.6 Å². The van der Waals surface area contributed by atoms with Crippen molar-refractivity contribution in [3.8, 4) is 17.0 Å². The average Bonchev–Trinajstić information content (AvgIpc) is 3.70. The Balaban J connectivity index is 1.44. The molecule has 282 valence electrons. The van der Waals surface area contributed by atoms with Gasteiger partial charge < -0.3 is 19.5 Å². The van der Waals surface area contributed by atoms with E-state index < -0.39 is 11.1 Å². The van der Waals surface area contributed by atoms with Crippen molar-refractivity contribution in [3.63, 3.8) is 0 Å². The second-order valence-corrected chi connectivity index (χ2v) is 14.3. The van der Waals surface area contributed by atoms with Crippen molar-refractivity contribution in [2.75, 3.05) is 91.9 Å². The van der Waals surface area contributed by atoms with E-state index in [-0.39, 0.29) is 18.0 Å². The van der Waals surface area contributed by atoms with Crippen molar-refractivity contribution in [2.24, 2.45) is 4.99 Å². The van der Waals surface area contributed by atoms with Gasteiger partial charge in [-0.3, -0.25) is 38.3 Å². The van der Waals surface area contributed by atoms with Crippen LogP contribution in [0.4, 0.5) is 0 Å². The molecule has 1 aromatic heterocycles. The van der Waals surface area contributed by atoms with E-state index in [1.165, 1.54) is 9.13 Å². The van der Waals surface area contributed by atoms with Gasteiger partial charge in [0, 0.05) is 75.2 Å². The summed E-state index contributed by atoms with van der Waals surface area (Å²) in [6, 6.07) is 3.54. The van der Waals surface area contributed by atoms with Crippen molar-refractivity contribution in [3.05, 3.63) is 85.0 Å². The molecule has 1 N–H and O–H groups in total. The van der Waals surface area contributed by atoms with Gasteiger partial charge in [0.05, 0.1) is 54.7 Å². The number of hydrogen-bond donors (Lipinski definition) is 1. The third-order valence-electron chi connectivity index (χ3n) is 11.1. The molecule has 4 aliphatic heterocycles. The minimum Gasteiger partial charge on any atom is -0.494 e. The van der Waals surface area contributed by atoms with Crippen LogP contribution in [0.25, 0.3) is 38.2 Å². The van der Waals surface area contributed by atoms with Crippen molar-refractivity contribution in [1.82, 2.24) is 23.8 Å². The Morgan fingerprint density at radius 1 is 0.774 bits per heavy atom. The smallest absolute Gasteiger partial charge is 0.263 e. The molecule has 0 unspecified atom stereocenters. The van der Waals surface area contributed by atoms with Gasteiger partial charge in [-0.2, -0.15) is 0 Å². The number of ether oxygens (including phenoxy) is 2. The zero-order valence-electron chi connectivity index (χ0n) is 31.0. The molecule has 1 aliphatic carbocycles. The van der Waals surface area contributed by atoms with E-state index in [2.05, 4.69) is 21.3 Å². The zero-order valence-corrected chi connectivity index (χ0v) is 31.0. The van der Waals surface area contributed by atoms with Crippen LogP contribution in [0.1, 0.15) is 38.2 Å². The summed E-state index contributed by atoms with van der Waals surface area (Å²) in [5.74, 6) is -0.173. The molecule has 7 rings (SSSR count). The first-order valence-electron chi connectivity index (χ1n) is 19.3. The third kappa shape index (κ3) is 7.61. The number of aromatic nitrogens is 2. The number of benzene rings is 2. The van der Waals surface area contributed by atoms with Gasteiger partial charge in [0.25, 0.3) is 16.7 Å². The first-order chi connectivity index (χ1) is 25.9. The van der Waals surface area contributed by atoms with Crippen LogP contribution in [0.15, 0.2) is 62.4 Å². The van der Waals surface area contributed by atoms with Gasteiger partial charge in [0.2, 0.25) is 5.88 Å². The van der Waals surface area contributed by atoms with Crippen LogP contribution in [0.5, 0.6) is 5.88 Å². The van der Waals surface area contributed by atoms with E-state index in [0.29, 0.717) is 96.0 Å². The van der Waals surface area contributed by atoms with Crippen LogP contribution in [-0.4, -0.2) is 121 Å². The van der Waals surface area contributed by atoms with Crippen LogP contribution in [0, 0.1) is 0 Å². The summed E-state index contributed by atoms with van der Waals surface area (Å²) in [4.78, 5) is 55.7. The molecule has 0 bridgehead atoms. The molecule has 0 atom stereocenters. The summed E-state index contributed by atoms with van der Waals surface area (Å²) in [5.41, 5.74) is 0.892. The molecule has 5 aliphatic rings. The molecule has 5 heterocycles. The fourth-order valence-corrected chi connectivity index (χ4v) is 8.30. The highest BCUT2D eigenvalue weighted by Gasteiger charge is 2.29. The normalized spacial score (nSPS) is 18.9. The summed E-state index contributed by atoms with van der Waals surface area (Å²) < 4.78 is 13.8. The fraction of sp³-hybridized carbons (Fsp3) is 0.512. The van der Waals surface area contributed by atoms with Gasteiger partial charge in [-0.15, -0.1) is 0 Å². The Labute approximate surface area is 309 Å². The van der Waals surface area contributed by atoms with Crippen molar-refractivity contribution in [1.29, 1.82) is 0 Å². The highest BCUT2D eigenvalue weighted by atomic mass is 16.5. The third-order valence-corrected chi connectivity index (χ3v) is 11.1. The van der Waals surface area contributed by atoms with Gasteiger partial charge in [-0.1, -0.05) is 30.9 Å². The molecule has 0 spiro atoms. The molecule has 0 amide bonds. The van der Waals surface area contributed by atoms with Crippen LogP contribution in [0.2, 0.25) is 0 Å². The number of allylic oxidation sites excluding steroid dienone is 5. The SMILES string of the molecule is C=C/C=C\C(=C/C)c1cc2c(O)n(CCCN3CCOCC3)c(=O)c3c(=NCCN4CCCC4)cc4c(=O)n(CCCN5CCOCC5)c(=O)c1c-4c23. The van der Waals surface area contributed by atoms with Crippen molar-refractivity contribution < 1.29 is 14.6 Å². The van der Waals surface area contributed by atoms with Crippen molar-refractivity contribution in [2.45, 2.75) is 45.7 Å². The minimum atomic E-state index is -0.404. The van der Waals surface area contributed by atoms with Gasteiger partial charge in [0.1, 0.15) is 0 Å². The minimum absolute atomic E-state index is 0.173. The monoisotopic (exact) mass is 724 g/mol. The van der Waals surface area contributed by atoms with Crippen LogP contribution in [0.3, 0.4) is 0 Å². The largest absolute Gasteiger partial charge is 0.494 e. The topological polar surface area (TPSA) is 122 Å². The zero-order chi connectivity index (χ0) is 36.9. The molecule has 12 heteroatoms. The Hall–Kier alpha value is -4.20. The lowest BCUT2D eigenvalue weighted by atomic mass is 9.86. The highest BCUT2D eigenvalue weighted by Crippen LogP contribution is 2.41. The average molecular weight is 725 g/mol. The number of rotatable bonds is 14. The molecule has 2 aromatic rings. The summed E-state index contributed by atoms with van der Waals surface area (Å²) >= 11 is 0. The van der Waals surface area contributed by atoms with E-state index in [4.69, 9.17) is 14.5 Å². The lowest BCUT2D eigenvalue weighted by Crippen LogP contribution is -2.40. The molecular formula is C41H52N6O6. The lowest BCUT2D eigenvalue weighted by Gasteiger charge is -2.27. The van der Waals surface area contributed by atoms with Gasteiger partial charge in [-0.05, 0) is 69.0 Å². The van der Waals surface area contributed by atoms with Crippen molar-refractivity contribution >= 4 is 27.1 Å². The maximum atomic E-state index is 14.7. The number of hydrogen-bond acceptors (Lipinski definition) is 10. The van der Waals surface area contributed by atoms with E-state index in [1.54, 1.807) is 18.2 Å². The summed E-state index contributed by atoms with van der Waals surface area (Å²) in [7, 11) is 0. The molecule has 3 saturated heterocycles. The predicted octanol–water partition coefficient (Wildman–Crippen LogP) is 2.95. The number of likely N-dealkylation sites (tertiary alicyclic amines) is 1. The number of nitrogens with zero attached hydrogens (tertiary/aromatic N) is 6. The van der Waals surface area contributed by atoms with E-state index in [1.807, 2.05) is 25.1 Å². The van der Waals surface area contributed by atoms with Gasteiger partial charge in [-0.25, -0.2) is 0 Å². The number of pyridine rings is 2. The fourth-order valence-electron chi connectivity index (χ4n) is 8.30. The maximum absolute atomic E-state index is 14.7. The van der Waals surface area contributed by atoms with E-state index >= 15 is 0 Å². The summed E-state index contributed by atoms with van der Waals surface area (Å²) in [6.45, 7) is 17.1. The van der Waals surface area contributed by atoms with Gasteiger partial charge >= 0.3 is 0 Å².